The van der Waals surface area contributed by atoms with Gasteiger partial charge in [0.15, 0.2) is 0 Å². The van der Waals surface area contributed by atoms with Crippen LogP contribution in [-0.4, -0.2) is 30.3 Å². The Balaban J connectivity index is 2.25. The van der Waals surface area contributed by atoms with Gasteiger partial charge in [-0.05, 0) is 32.1 Å². The minimum absolute atomic E-state index is 0.860. The van der Waals surface area contributed by atoms with Crippen molar-refractivity contribution in [2.45, 2.75) is 13.0 Å². The second-order valence-corrected chi connectivity index (χ2v) is 4.10. The fraction of sp³-hybridized carbons (Fsp3) is 0.357. The molecule has 0 aliphatic rings. The fourth-order valence-corrected chi connectivity index (χ4v) is 1.99. The van der Waals surface area contributed by atoms with Crippen molar-refractivity contribution in [3.8, 4) is 17.1 Å². The van der Waals surface area contributed by atoms with E-state index in [1.807, 2.05) is 43.7 Å². The second-order valence-electron chi connectivity index (χ2n) is 4.10. The first-order valence-corrected chi connectivity index (χ1v) is 6.16. The third-order valence-corrected chi connectivity index (χ3v) is 2.89. The Kier molecular flexibility index (Phi) is 4.36. The highest BCUT2D eigenvalue weighted by Gasteiger charge is 2.10. The molecule has 4 heteroatoms. The summed E-state index contributed by atoms with van der Waals surface area (Å²) < 4.78 is 7.55. The number of nitrogens with zero attached hydrogens (tertiary/aromatic N) is 2. The van der Waals surface area contributed by atoms with E-state index in [9.17, 15) is 0 Å². The molecular formula is C14H19N3O. The molecule has 0 aliphatic heterocycles. The zero-order valence-electron chi connectivity index (χ0n) is 10.9. The van der Waals surface area contributed by atoms with Crippen LogP contribution in [0.5, 0.6) is 5.75 Å². The van der Waals surface area contributed by atoms with Gasteiger partial charge in [0.25, 0.3) is 0 Å². The van der Waals surface area contributed by atoms with Gasteiger partial charge in [0, 0.05) is 18.9 Å². The van der Waals surface area contributed by atoms with Crippen molar-refractivity contribution in [3.63, 3.8) is 0 Å². The first kappa shape index (κ1) is 12.6. The summed E-state index contributed by atoms with van der Waals surface area (Å²) in [5.41, 5.74) is 1.04. The number of ether oxygens (including phenoxy) is 1. The quantitative estimate of drug-likeness (QED) is 0.793. The van der Waals surface area contributed by atoms with Crippen LogP contribution in [0.2, 0.25) is 0 Å². The smallest absolute Gasteiger partial charge is 0.143 e. The highest BCUT2D eigenvalue weighted by Crippen LogP contribution is 2.28. The first-order valence-electron chi connectivity index (χ1n) is 6.16. The lowest BCUT2D eigenvalue weighted by Gasteiger charge is -2.10. The molecule has 0 radical (unpaired) electrons. The molecule has 0 unspecified atom stereocenters. The van der Waals surface area contributed by atoms with Crippen LogP contribution < -0.4 is 10.1 Å². The van der Waals surface area contributed by atoms with E-state index in [1.54, 1.807) is 7.11 Å². The average molecular weight is 245 g/mol. The molecule has 18 heavy (non-hydrogen) atoms. The van der Waals surface area contributed by atoms with Crippen LogP contribution in [0.15, 0.2) is 36.7 Å². The number of aryl methyl sites for hydroxylation is 1. The largest absolute Gasteiger partial charge is 0.496 e. The number of rotatable bonds is 6. The molecule has 0 saturated carbocycles. The number of benzene rings is 1. The molecule has 0 saturated heterocycles. The average Bonchev–Trinajstić information content (AvgIpc) is 2.87. The zero-order chi connectivity index (χ0) is 12.8. The Bertz CT molecular complexity index is 493. The van der Waals surface area contributed by atoms with Gasteiger partial charge < -0.3 is 14.6 Å². The number of aromatic nitrogens is 2. The summed E-state index contributed by atoms with van der Waals surface area (Å²) in [5, 5.41) is 3.15. The zero-order valence-corrected chi connectivity index (χ0v) is 10.9. The van der Waals surface area contributed by atoms with Gasteiger partial charge in [-0.3, -0.25) is 0 Å². The van der Waals surface area contributed by atoms with Gasteiger partial charge in [0.1, 0.15) is 11.6 Å². The summed E-state index contributed by atoms with van der Waals surface area (Å²) in [6.45, 7) is 1.96. The van der Waals surface area contributed by atoms with Crippen LogP contribution in [0.3, 0.4) is 0 Å². The third-order valence-electron chi connectivity index (χ3n) is 2.89. The predicted molar refractivity (Wildman–Crippen MR) is 72.8 cm³/mol. The maximum Gasteiger partial charge on any atom is 0.143 e. The summed E-state index contributed by atoms with van der Waals surface area (Å²) in [5.74, 6) is 1.82. The van der Waals surface area contributed by atoms with E-state index in [0.717, 1.165) is 36.6 Å². The van der Waals surface area contributed by atoms with E-state index >= 15 is 0 Å². The maximum atomic E-state index is 5.38. The predicted octanol–water partition coefficient (Wildman–Crippen LogP) is 2.17. The monoisotopic (exact) mass is 245 g/mol. The van der Waals surface area contributed by atoms with E-state index in [4.69, 9.17) is 4.74 Å². The van der Waals surface area contributed by atoms with E-state index in [1.165, 1.54) is 0 Å². The van der Waals surface area contributed by atoms with Crippen LogP contribution in [-0.2, 0) is 6.54 Å². The van der Waals surface area contributed by atoms with Gasteiger partial charge in [-0.15, -0.1) is 0 Å². The van der Waals surface area contributed by atoms with Crippen molar-refractivity contribution < 1.29 is 4.74 Å². The van der Waals surface area contributed by atoms with E-state index in [2.05, 4.69) is 14.9 Å². The first-order chi connectivity index (χ1) is 8.86. The molecule has 0 aliphatic carbocycles. The topological polar surface area (TPSA) is 39.1 Å². The second kappa shape index (κ2) is 6.21. The molecule has 0 atom stereocenters. The van der Waals surface area contributed by atoms with Crippen molar-refractivity contribution in [1.82, 2.24) is 14.9 Å². The summed E-state index contributed by atoms with van der Waals surface area (Å²) in [6.07, 6.45) is 4.92. The van der Waals surface area contributed by atoms with Crippen LogP contribution in [0, 0.1) is 0 Å². The van der Waals surface area contributed by atoms with E-state index in [0.29, 0.717) is 0 Å². The van der Waals surface area contributed by atoms with Gasteiger partial charge in [-0.1, -0.05) is 12.1 Å². The highest BCUT2D eigenvalue weighted by molar-refractivity contribution is 5.64. The number of hydrogen-bond acceptors (Lipinski definition) is 3. The third kappa shape index (κ3) is 2.71. The van der Waals surface area contributed by atoms with Crippen molar-refractivity contribution in [1.29, 1.82) is 0 Å². The van der Waals surface area contributed by atoms with Gasteiger partial charge in [0.2, 0.25) is 0 Å². The maximum absolute atomic E-state index is 5.38. The number of imidazole rings is 1. The summed E-state index contributed by atoms with van der Waals surface area (Å²) in [7, 11) is 3.65. The summed E-state index contributed by atoms with van der Waals surface area (Å²) >= 11 is 0. The molecule has 4 nitrogen and oxygen atoms in total. The van der Waals surface area contributed by atoms with Gasteiger partial charge in [-0.2, -0.15) is 0 Å². The highest BCUT2D eigenvalue weighted by atomic mass is 16.5. The number of hydrogen-bond donors (Lipinski definition) is 1. The molecule has 2 aromatic rings. The van der Waals surface area contributed by atoms with Crippen molar-refractivity contribution in [3.05, 3.63) is 36.7 Å². The molecule has 0 bridgehead atoms. The molecule has 1 N–H and O–H groups in total. The van der Waals surface area contributed by atoms with Crippen molar-refractivity contribution >= 4 is 0 Å². The number of para-hydroxylation sites is 1. The molecule has 0 fully saturated rings. The lowest BCUT2D eigenvalue weighted by molar-refractivity contribution is 0.416. The molecule has 0 amide bonds. The minimum Gasteiger partial charge on any atom is -0.496 e. The Morgan fingerprint density at radius 2 is 2.17 bits per heavy atom. The van der Waals surface area contributed by atoms with Gasteiger partial charge in [-0.25, -0.2) is 4.98 Å². The van der Waals surface area contributed by atoms with Gasteiger partial charge in [0.05, 0.1) is 12.7 Å². The molecule has 96 valence electrons. The van der Waals surface area contributed by atoms with Gasteiger partial charge >= 0.3 is 0 Å². The Labute approximate surface area is 108 Å². The normalized spacial score (nSPS) is 10.6. The van der Waals surface area contributed by atoms with Crippen LogP contribution in [0.25, 0.3) is 11.4 Å². The SMILES string of the molecule is CNCCCn1ccnc1-c1ccccc1OC. The van der Waals surface area contributed by atoms with Crippen LogP contribution in [0.4, 0.5) is 0 Å². The molecule has 1 heterocycles. The summed E-state index contributed by atoms with van der Waals surface area (Å²) in [6, 6.07) is 7.97. The molecule has 0 spiro atoms. The Morgan fingerprint density at radius 3 is 2.94 bits per heavy atom. The van der Waals surface area contributed by atoms with Crippen molar-refractivity contribution in [2.24, 2.45) is 0 Å². The Hall–Kier alpha value is -1.81. The molecule has 1 aromatic heterocycles. The van der Waals surface area contributed by atoms with E-state index in [-0.39, 0.29) is 0 Å². The lowest BCUT2D eigenvalue weighted by Crippen LogP contribution is -2.11. The van der Waals surface area contributed by atoms with Crippen LogP contribution >= 0.6 is 0 Å². The number of methoxy groups -OCH3 is 1. The number of nitrogens with one attached hydrogen (secondary N) is 1. The van der Waals surface area contributed by atoms with Crippen LogP contribution in [0.1, 0.15) is 6.42 Å². The fourth-order valence-electron chi connectivity index (χ4n) is 1.99. The molecule has 2 rings (SSSR count). The molecular weight excluding hydrogens is 226 g/mol. The standard InChI is InChI=1S/C14H19N3O/c1-15-8-5-10-17-11-9-16-14(17)12-6-3-4-7-13(12)18-2/h3-4,6-7,9,11,15H,5,8,10H2,1-2H3. The lowest BCUT2D eigenvalue weighted by atomic mass is 10.2. The summed E-state index contributed by atoms with van der Waals surface area (Å²) in [4.78, 5) is 4.44. The van der Waals surface area contributed by atoms with E-state index < -0.39 is 0 Å². The Morgan fingerprint density at radius 1 is 1.33 bits per heavy atom. The van der Waals surface area contributed by atoms with Crippen molar-refractivity contribution in [2.75, 3.05) is 20.7 Å². The molecule has 1 aromatic carbocycles. The minimum atomic E-state index is 0.860.